The summed E-state index contributed by atoms with van der Waals surface area (Å²) in [5.74, 6) is 1.80. The van der Waals surface area contributed by atoms with Gasteiger partial charge in [-0.3, -0.25) is 4.79 Å². The topological polar surface area (TPSA) is 50.4 Å². The van der Waals surface area contributed by atoms with Gasteiger partial charge in [0.2, 0.25) is 5.91 Å². The van der Waals surface area contributed by atoms with E-state index in [1.165, 1.54) is 19.3 Å². The molecule has 1 aliphatic rings. The summed E-state index contributed by atoms with van der Waals surface area (Å²) in [7, 11) is 1.61. The van der Waals surface area contributed by atoms with Gasteiger partial charge in [0, 0.05) is 11.3 Å². The molecule has 21 heavy (non-hydrogen) atoms. The van der Waals surface area contributed by atoms with E-state index in [1.54, 1.807) is 7.11 Å². The molecule has 1 saturated carbocycles. The summed E-state index contributed by atoms with van der Waals surface area (Å²) >= 11 is 1.99. The Bertz CT molecular complexity index is 467. The molecular formula is C16H24N2O2S. The van der Waals surface area contributed by atoms with E-state index in [0.717, 1.165) is 11.4 Å². The van der Waals surface area contributed by atoms with E-state index in [9.17, 15) is 4.79 Å². The first-order chi connectivity index (χ1) is 10.2. The monoisotopic (exact) mass is 308 g/mol. The highest BCUT2D eigenvalue weighted by Gasteiger charge is 2.27. The molecule has 0 spiro atoms. The van der Waals surface area contributed by atoms with Crippen molar-refractivity contribution in [1.82, 2.24) is 5.32 Å². The highest BCUT2D eigenvalue weighted by Crippen LogP contribution is 2.29. The normalized spacial score (nSPS) is 21.2. The molecule has 5 heteroatoms. The van der Waals surface area contributed by atoms with Crippen LogP contribution in [0.4, 0.5) is 5.69 Å². The van der Waals surface area contributed by atoms with Crippen LogP contribution in [0.1, 0.15) is 26.2 Å². The summed E-state index contributed by atoms with van der Waals surface area (Å²) in [6, 6.07) is 7.92. The molecule has 0 saturated heterocycles. The number of nitrogens with one attached hydrogen (secondary N) is 2. The van der Waals surface area contributed by atoms with Gasteiger partial charge < -0.3 is 15.4 Å². The number of rotatable bonds is 7. The maximum absolute atomic E-state index is 12.1. The smallest absolute Gasteiger partial charge is 0.238 e. The second-order valence-electron chi connectivity index (χ2n) is 5.16. The summed E-state index contributed by atoms with van der Waals surface area (Å²) in [5, 5.41) is 6.95. The lowest BCUT2D eigenvalue weighted by Gasteiger charge is -2.20. The van der Waals surface area contributed by atoms with Crippen LogP contribution in [0.2, 0.25) is 0 Å². The van der Waals surface area contributed by atoms with Gasteiger partial charge in [0.15, 0.2) is 0 Å². The second-order valence-corrected chi connectivity index (χ2v) is 6.68. The third-order valence-corrected chi connectivity index (χ3v) is 5.06. The molecule has 0 aliphatic heterocycles. The zero-order valence-corrected chi connectivity index (χ0v) is 13.5. The summed E-state index contributed by atoms with van der Waals surface area (Å²) in [6.45, 7) is 2.54. The first-order valence-corrected chi connectivity index (χ1v) is 8.57. The van der Waals surface area contributed by atoms with Crippen LogP contribution in [-0.2, 0) is 4.79 Å². The molecule has 0 radical (unpaired) electrons. The number of ether oxygens (including phenoxy) is 1. The van der Waals surface area contributed by atoms with Gasteiger partial charge >= 0.3 is 0 Å². The number of anilines is 1. The van der Waals surface area contributed by atoms with E-state index < -0.39 is 0 Å². The lowest BCUT2D eigenvalue weighted by atomic mass is 10.2. The predicted octanol–water partition coefficient (Wildman–Crippen LogP) is 2.90. The Kier molecular flexibility index (Phi) is 6.39. The molecule has 2 N–H and O–H groups in total. The number of methoxy groups -OCH3 is 1. The van der Waals surface area contributed by atoms with Crippen molar-refractivity contribution in [1.29, 1.82) is 0 Å². The van der Waals surface area contributed by atoms with Crippen molar-refractivity contribution in [2.45, 2.75) is 37.5 Å². The van der Waals surface area contributed by atoms with Crippen molar-refractivity contribution in [2.75, 3.05) is 24.7 Å². The Hall–Kier alpha value is -1.20. The van der Waals surface area contributed by atoms with Crippen molar-refractivity contribution in [3.8, 4) is 5.75 Å². The zero-order chi connectivity index (χ0) is 15.1. The summed E-state index contributed by atoms with van der Waals surface area (Å²) in [4.78, 5) is 12.1. The van der Waals surface area contributed by atoms with E-state index in [1.807, 2.05) is 36.0 Å². The number of carbonyl (C=O) groups excluding carboxylic acids is 1. The lowest BCUT2D eigenvalue weighted by Crippen LogP contribution is -2.39. The van der Waals surface area contributed by atoms with E-state index in [2.05, 4.69) is 17.6 Å². The lowest BCUT2D eigenvalue weighted by molar-refractivity contribution is -0.115. The molecule has 2 atom stereocenters. The van der Waals surface area contributed by atoms with Crippen molar-refractivity contribution < 1.29 is 9.53 Å². The van der Waals surface area contributed by atoms with E-state index >= 15 is 0 Å². The molecule has 2 unspecified atom stereocenters. The second kappa shape index (κ2) is 8.29. The number of para-hydroxylation sites is 2. The maximum atomic E-state index is 12.1. The SMILES string of the molecule is CCSC1CCCC1NCC(=O)Nc1ccccc1OC. The molecular weight excluding hydrogens is 284 g/mol. The molecule has 2 rings (SSSR count). The van der Waals surface area contributed by atoms with Crippen LogP contribution in [0.25, 0.3) is 0 Å². The number of benzene rings is 1. The van der Waals surface area contributed by atoms with Gasteiger partial charge in [0.25, 0.3) is 0 Å². The van der Waals surface area contributed by atoms with Gasteiger partial charge in [-0.25, -0.2) is 0 Å². The highest BCUT2D eigenvalue weighted by molar-refractivity contribution is 7.99. The van der Waals surface area contributed by atoms with Gasteiger partial charge in [-0.05, 0) is 30.7 Å². The highest BCUT2D eigenvalue weighted by atomic mass is 32.2. The third kappa shape index (κ3) is 4.64. The Morgan fingerprint density at radius 2 is 2.19 bits per heavy atom. The van der Waals surface area contributed by atoms with Crippen molar-refractivity contribution in [3.05, 3.63) is 24.3 Å². The van der Waals surface area contributed by atoms with Gasteiger partial charge in [0.1, 0.15) is 5.75 Å². The van der Waals surface area contributed by atoms with Crippen molar-refractivity contribution in [2.24, 2.45) is 0 Å². The van der Waals surface area contributed by atoms with Crippen LogP contribution in [0.3, 0.4) is 0 Å². The fourth-order valence-electron chi connectivity index (χ4n) is 2.74. The molecule has 1 amide bonds. The average molecular weight is 308 g/mol. The largest absolute Gasteiger partial charge is 0.495 e. The van der Waals surface area contributed by atoms with Crippen LogP contribution < -0.4 is 15.4 Å². The van der Waals surface area contributed by atoms with Crippen LogP contribution in [0.5, 0.6) is 5.75 Å². The fourth-order valence-corrected chi connectivity index (χ4v) is 3.97. The van der Waals surface area contributed by atoms with Gasteiger partial charge in [-0.1, -0.05) is 25.5 Å². The molecule has 0 bridgehead atoms. The van der Waals surface area contributed by atoms with E-state index in [4.69, 9.17) is 4.74 Å². The molecule has 0 heterocycles. The molecule has 4 nitrogen and oxygen atoms in total. The molecule has 1 aromatic rings. The van der Waals surface area contributed by atoms with Gasteiger partial charge in [-0.2, -0.15) is 11.8 Å². The standard InChI is InChI=1S/C16H24N2O2S/c1-3-21-15-10-6-8-13(15)17-11-16(19)18-12-7-4-5-9-14(12)20-2/h4-5,7,9,13,15,17H,3,6,8,10-11H2,1-2H3,(H,18,19). The Morgan fingerprint density at radius 1 is 1.38 bits per heavy atom. The average Bonchev–Trinajstić information content (AvgIpc) is 2.93. The Morgan fingerprint density at radius 3 is 2.95 bits per heavy atom. The number of thioether (sulfide) groups is 1. The first-order valence-electron chi connectivity index (χ1n) is 7.52. The van der Waals surface area contributed by atoms with Crippen LogP contribution >= 0.6 is 11.8 Å². The van der Waals surface area contributed by atoms with E-state index in [0.29, 0.717) is 23.6 Å². The first kappa shape index (κ1) is 16.2. The summed E-state index contributed by atoms with van der Waals surface area (Å²) in [6.07, 6.45) is 3.67. The quantitative estimate of drug-likeness (QED) is 0.813. The molecule has 1 fully saturated rings. The number of hydrogen-bond donors (Lipinski definition) is 2. The fraction of sp³-hybridized carbons (Fsp3) is 0.562. The van der Waals surface area contributed by atoms with Crippen molar-refractivity contribution in [3.63, 3.8) is 0 Å². The third-order valence-electron chi connectivity index (χ3n) is 3.74. The minimum absolute atomic E-state index is 0.0216. The minimum atomic E-state index is -0.0216. The van der Waals surface area contributed by atoms with E-state index in [-0.39, 0.29) is 5.91 Å². The van der Waals surface area contributed by atoms with Gasteiger partial charge in [0.05, 0.1) is 19.3 Å². The summed E-state index contributed by atoms with van der Waals surface area (Å²) in [5.41, 5.74) is 0.720. The number of amides is 1. The van der Waals surface area contributed by atoms with Crippen LogP contribution in [-0.4, -0.2) is 36.6 Å². The maximum Gasteiger partial charge on any atom is 0.238 e. The minimum Gasteiger partial charge on any atom is -0.495 e. The Labute approximate surface area is 131 Å². The molecule has 0 aromatic heterocycles. The predicted molar refractivity (Wildman–Crippen MR) is 89.2 cm³/mol. The zero-order valence-electron chi connectivity index (χ0n) is 12.7. The van der Waals surface area contributed by atoms with Crippen molar-refractivity contribution >= 4 is 23.4 Å². The molecule has 1 aliphatic carbocycles. The summed E-state index contributed by atoms with van der Waals surface area (Å²) < 4.78 is 5.23. The molecule has 1 aromatic carbocycles. The van der Waals surface area contributed by atoms with Gasteiger partial charge in [-0.15, -0.1) is 0 Å². The number of hydrogen-bond acceptors (Lipinski definition) is 4. The number of carbonyl (C=O) groups is 1. The Balaban J connectivity index is 1.82. The van der Waals surface area contributed by atoms with Crippen LogP contribution in [0, 0.1) is 0 Å². The molecule has 116 valence electrons. The van der Waals surface area contributed by atoms with Crippen LogP contribution in [0.15, 0.2) is 24.3 Å².